The normalized spacial score (nSPS) is 10.8. The zero-order chi connectivity index (χ0) is 17.8. The van der Waals surface area contributed by atoms with Gasteiger partial charge in [0.1, 0.15) is 12.4 Å². The third-order valence-corrected chi connectivity index (χ3v) is 5.12. The van der Waals surface area contributed by atoms with Crippen LogP contribution in [0.25, 0.3) is 10.8 Å². The fourth-order valence-corrected chi connectivity index (χ4v) is 4.22. The van der Waals surface area contributed by atoms with Crippen LogP contribution in [0.1, 0.15) is 17.5 Å². The molecule has 3 aromatic carbocycles. The van der Waals surface area contributed by atoms with Crippen molar-refractivity contribution < 1.29 is 14.6 Å². The molecule has 0 spiro atoms. The van der Waals surface area contributed by atoms with Crippen molar-refractivity contribution in [3.8, 4) is 5.75 Å². The van der Waals surface area contributed by atoms with E-state index in [1.807, 2.05) is 30.3 Å². The summed E-state index contributed by atoms with van der Waals surface area (Å²) in [5.41, 5.74) is 2.06. The highest BCUT2D eigenvalue weighted by molar-refractivity contribution is 9.11. The van der Waals surface area contributed by atoms with Crippen LogP contribution in [0.3, 0.4) is 0 Å². The largest absolute Gasteiger partial charge is 0.487 e. The van der Waals surface area contributed by atoms with Crippen LogP contribution in [0.5, 0.6) is 5.75 Å². The molecule has 0 fully saturated rings. The Morgan fingerprint density at radius 3 is 2.40 bits per heavy atom. The highest BCUT2D eigenvalue weighted by Gasteiger charge is 2.11. The average Bonchev–Trinajstić information content (AvgIpc) is 2.59. The fraction of sp³-hybridized carbons (Fsp3) is 0.150. The molecule has 128 valence electrons. The molecule has 3 aromatic rings. The second-order valence-electron chi connectivity index (χ2n) is 5.71. The minimum absolute atomic E-state index is 0.106. The Balaban J connectivity index is 1.80. The fourth-order valence-electron chi connectivity index (χ4n) is 2.71. The lowest BCUT2D eigenvalue weighted by atomic mass is 10.1. The van der Waals surface area contributed by atoms with Gasteiger partial charge in [0.05, 0.1) is 8.95 Å². The molecule has 3 nitrogen and oxygen atoms in total. The number of aryl methyl sites for hydroxylation is 1. The molecule has 0 saturated carbocycles. The number of carboxylic acids is 1. The molecule has 0 amide bonds. The summed E-state index contributed by atoms with van der Waals surface area (Å²) in [6.45, 7) is 0.451. The summed E-state index contributed by atoms with van der Waals surface area (Å²) in [5.74, 6) is -0.0875. The Morgan fingerprint density at radius 1 is 1.00 bits per heavy atom. The SMILES string of the molecule is O=C(O)CCc1cc(Br)c(OCc2cccc3ccccc23)c(Br)c1. The monoisotopic (exact) mass is 462 g/mol. The van der Waals surface area contributed by atoms with Crippen LogP contribution in [-0.4, -0.2) is 11.1 Å². The van der Waals surface area contributed by atoms with Crippen molar-refractivity contribution >= 4 is 48.6 Å². The number of hydrogen-bond donors (Lipinski definition) is 1. The van der Waals surface area contributed by atoms with E-state index < -0.39 is 5.97 Å². The van der Waals surface area contributed by atoms with Gasteiger partial charge in [0.2, 0.25) is 0 Å². The molecule has 0 radical (unpaired) electrons. The maximum absolute atomic E-state index is 10.7. The Morgan fingerprint density at radius 2 is 1.68 bits per heavy atom. The number of ether oxygens (including phenoxy) is 1. The van der Waals surface area contributed by atoms with Crippen LogP contribution >= 0.6 is 31.9 Å². The van der Waals surface area contributed by atoms with Crippen LogP contribution in [0.4, 0.5) is 0 Å². The summed E-state index contributed by atoms with van der Waals surface area (Å²) in [4.78, 5) is 10.7. The van der Waals surface area contributed by atoms with Crippen molar-refractivity contribution in [1.29, 1.82) is 0 Å². The van der Waals surface area contributed by atoms with Crippen LogP contribution in [-0.2, 0) is 17.8 Å². The first kappa shape index (κ1) is 18.0. The summed E-state index contributed by atoms with van der Waals surface area (Å²) >= 11 is 7.05. The van der Waals surface area contributed by atoms with E-state index in [9.17, 15) is 4.79 Å². The second-order valence-corrected chi connectivity index (χ2v) is 7.42. The molecule has 0 saturated heterocycles. The van der Waals surface area contributed by atoms with Gasteiger partial charge in [0, 0.05) is 6.42 Å². The maximum Gasteiger partial charge on any atom is 0.303 e. The van der Waals surface area contributed by atoms with E-state index in [0.29, 0.717) is 18.8 Å². The molecule has 1 N–H and O–H groups in total. The van der Waals surface area contributed by atoms with E-state index in [1.165, 1.54) is 10.8 Å². The van der Waals surface area contributed by atoms with E-state index in [2.05, 4.69) is 56.1 Å². The molecule has 0 bridgehead atoms. The van der Waals surface area contributed by atoms with Crippen molar-refractivity contribution in [2.75, 3.05) is 0 Å². The molecule has 0 unspecified atom stereocenters. The highest BCUT2D eigenvalue weighted by Crippen LogP contribution is 2.36. The number of hydrogen-bond acceptors (Lipinski definition) is 2. The first-order valence-corrected chi connectivity index (χ1v) is 9.42. The number of benzene rings is 3. The summed E-state index contributed by atoms with van der Waals surface area (Å²) < 4.78 is 7.65. The number of carbonyl (C=O) groups is 1. The lowest BCUT2D eigenvalue weighted by molar-refractivity contribution is -0.136. The number of fused-ring (bicyclic) bond motifs is 1. The van der Waals surface area contributed by atoms with Crippen LogP contribution in [0.2, 0.25) is 0 Å². The summed E-state index contributed by atoms with van der Waals surface area (Å²) in [6.07, 6.45) is 0.589. The van der Waals surface area contributed by atoms with Crippen LogP contribution in [0.15, 0.2) is 63.5 Å². The first-order valence-electron chi connectivity index (χ1n) is 7.84. The molecule has 0 heterocycles. The predicted molar refractivity (Wildman–Crippen MR) is 106 cm³/mol. The molecule has 0 aliphatic rings. The number of carboxylic acid groups (broad SMARTS) is 1. The van der Waals surface area contributed by atoms with Crippen molar-refractivity contribution in [3.05, 3.63) is 74.7 Å². The van der Waals surface area contributed by atoms with Crippen molar-refractivity contribution in [1.82, 2.24) is 0 Å². The van der Waals surface area contributed by atoms with Gasteiger partial charge >= 0.3 is 5.97 Å². The van der Waals surface area contributed by atoms with Gasteiger partial charge in [-0.25, -0.2) is 0 Å². The molecule has 3 rings (SSSR count). The number of halogens is 2. The standard InChI is InChI=1S/C20H16Br2O3/c21-17-10-13(8-9-19(23)24)11-18(22)20(17)25-12-15-6-3-5-14-4-1-2-7-16(14)15/h1-7,10-11H,8-9,12H2,(H,23,24). The van der Waals surface area contributed by atoms with Gasteiger partial charge in [0.15, 0.2) is 0 Å². The Kier molecular flexibility index (Phi) is 5.76. The first-order chi connectivity index (χ1) is 12.0. The molecule has 0 aromatic heterocycles. The zero-order valence-electron chi connectivity index (χ0n) is 13.3. The molecule has 0 aliphatic carbocycles. The lowest BCUT2D eigenvalue weighted by Crippen LogP contribution is -2.00. The van der Waals surface area contributed by atoms with Gasteiger partial charge in [-0.2, -0.15) is 0 Å². The Labute approximate surface area is 162 Å². The smallest absolute Gasteiger partial charge is 0.303 e. The second kappa shape index (κ2) is 8.02. The summed E-state index contributed by atoms with van der Waals surface area (Å²) in [6, 6.07) is 18.2. The van der Waals surface area contributed by atoms with E-state index in [0.717, 1.165) is 20.1 Å². The third kappa shape index (κ3) is 4.41. The van der Waals surface area contributed by atoms with Crippen LogP contribution in [0, 0.1) is 0 Å². The zero-order valence-corrected chi connectivity index (χ0v) is 16.5. The highest BCUT2D eigenvalue weighted by atomic mass is 79.9. The van der Waals surface area contributed by atoms with Gasteiger partial charge in [-0.15, -0.1) is 0 Å². The van der Waals surface area contributed by atoms with Crippen molar-refractivity contribution in [2.45, 2.75) is 19.4 Å². The number of aliphatic carboxylic acids is 1. The summed E-state index contributed by atoms with van der Waals surface area (Å²) in [7, 11) is 0. The van der Waals surface area contributed by atoms with Crippen molar-refractivity contribution in [3.63, 3.8) is 0 Å². The quantitative estimate of drug-likeness (QED) is 0.490. The molecular formula is C20H16Br2O3. The minimum Gasteiger partial charge on any atom is -0.487 e. The van der Waals surface area contributed by atoms with Gasteiger partial charge < -0.3 is 9.84 Å². The average molecular weight is 464 g/mol. The minimum atomic E-state index is -0.802. The molecule has 0 atom stereocenters. The van der Waals surface area contributed by atoms with E-state index in [4.69, 9.17) is 9.84 Å². The van der Waals surface area contributed by atoms with Crippen molar-refractivity contribution in [2.24, 2.45) is 0 Å². The molecule has 0 aliphatic heterocycles. The van der Waals surface area contributed by atoms with E-state index in [-0.39, 0.29) is 6.42 Å². The van der Waals surface area contributed by atoms with Gasteiger partial charge in [-0.05, 0) is 72.3 Å². The summed E-state index contributed by atoms with van der Waals surface area (Å²) in [5, 5.41) is 11.2. The maximum atomic E-state index is 10.7. The predicted octanol–water partition coefficient (Wildman–Crippen LogP) is 5.96. The molecule has 5 heteroatoms. The van der Waals surface area contributed by atoms with Gasteiger partial charge in [0.25, 0.3) is 0 Å². The molecule has 25 heavy (non-hydrogen) atoms. The third-order valence-electron chi connectivity index (χ3n) is 3.94. The Hall–Kier alpha value is -1.85. The van der Waals surface area contributed by atoms with E-state index in [1.54, 1.807) is 0 Å². The van der Waals surface area contributed by atoms with Crippen LogP contribution < -0.4 is 4.74 Å². The lowest BCUT2D eigenvalue weighted by Gasteiger charge is -2.13. The van der Waals surface area contributed by atoms with Gasteiger partial charge in [-0.1, -0.05) is 42.5 Å². The van der Waals surface area contributed by atoms with Gasteiger partial charge in [-0.3, -0.25) is 4.79 Å². The van der Waals surface area contributed by atoms with E-state index >= 15 is 0 Å². The topological polar surface area (TPSA) is 46.5 Å². The Bertz CT molecular complexity index is 893. The molecular weight excluding hydrogens is 448 g/mol. The number of rotatable bonds is 6.